The minimum Gasteiger partial charge on any atom is -0.348 e. The summed E-state index contributed by atoms with van der Waals surface area (Å²) < 4.78 is 1.83. The monoisotopic (exact) mass is 396 g/mol. The highest BCUT2D eigenvalue weighted by Gasteiger charge is 2.26. The zero-order valence-electron chi connectivity index (χ0n) is 15.3. The fourth-order valence-electron chi connectivity index (χ4n) is 3.36. The van der Waals surface area contributed by atoms with Crippen LogP contribution in [-0.2, 0) is 0 Å². The van der Waals surface area contributed by atoms with Crippen molar-refractivity contribution in [3.8, 4) is 5.69 Å². The third-order valence-corrected chi connectivity index (χ3v) is 5.00. The lowest BCUT2D eigenvalue weighted by Crippen LogP contribution is -2.52. The molecule has 0 aliphatic carbocycles. The van der Waals surface area contributed by atoms with Gasteiger partial charge in [0.25, 0.3) is 5.91 Å². The molecule has 2 unspecified atom stereocenters. The normalized spacial score (nSPS) is 19.9. The Morgan fingerprint density at radius 1 is 1.35 bits per heavy atom. The molecular formula is C19H26Cl2N4O. The Hall–Kier alpha value is -1.56. The SMILES string of the molecule is CC(C)c1c(C(=O)NC2CCCNC2C)cnn1-c1ccc(Cl)cc1.Cl. The summed E-state index contributed by atoms with van der Waals surface area (Å²) >= 11 is 5.98. The van der Waals surface area contributed by atoms with Crippen molar-refractivity contribution in [3.05, 3.63) is 46.7 Å². The highest BCUT2D eigenvalue weighted by Crippen LogP contribution is 2.24. The molecule has 2 aromatic rings. The Morgan fingerprint density at radius 2 is 2.04 bits per heavy atom. The van der Waals surface area contributed by atoms with Crippen molar-refractivity contribution in [1.29, 1.82) is 0 Å². The lowest BCUT2D eigenvalue weighted by Gasteiger charge is -2.30. The van der Waals surface area contributed by atoms with Gasteiger partial charge in [-0.2, -0.15) is 5.10 Å². The molecule has 1 aromatic heterocycles. The zero-order chi connectivity index (χ0) is 18.0. The van der Waals surface area contributed by atoms with Crippen LogP contribution in [0, 0.1) is 0 Å². The molecule has 1 fully saturated rings. The van der Waals surface area contributed by atoms with Crippen molar-refractivity contribution in [2.24, 2.45) is 0 Å². The number of hydrogen-bond acceptors (Lipinski definition) is 3. The molecule has 5 nitrogen and oxygen atoms in total. The van der Waals surface area contributed by atoms with Gasteiger partial charge in [-0.15, -0.1) is 12.4 Å². The summed E-state index contributed by atoms with van der Waals surface area (Å²) in [6.45, 7) is 7.28. The number of amides is 1. The summed E-state index contributed by atoms with van der Waals surface area (Å²) in [6, 6.07) is 7.92. The van der Waals surface area contributed by atoms with Gasteiger partial charge in [0.1, 0.15) is 0 Å². The van der Waals surface area contributed by atoms with E-state index in [4.69, 9.17) is 11.6 Å². The summed E-state index contributed by atoms with van der Waals surface area (Å²) in [5.74, 6) is 0.116. The molecule has 1 aliphatic heterocycles. The second-order valence-corrected chi connectivity index (χ2v) is 7.39. The van der Waals surface area contributed by atoms with Gasteiger partial charge in [0.05, 0.1) is 23.1 Å². The van der Waals surface area contributed by atoms with Crippen molar-refractivity contribution in [1.82, 2.24) is 20.4 Å². The van der Waals surface area contributed by atoms with E-state index in [9.17, 15) is 4.79 Å². The van der Waals surface area contributed by atoms with E-state index in [1.54, 1.807) is 6.20 Å². The number of piperidine rings is 1. The molecule has 0 bridgehead atoms. The Kier molecular flexibility index (Phi) is 7.09. The maximum absolute atomic E-state index is 12.9. The van der Waals surface area contributed by atoms with Gasteiger partial charge in [0.15, 0.2) is 0 Å². The zero-order valence-corrected chi connectivity index (χ0v) is 16.9. The smallest absolute Gasteiger partial charge is 0.255 e. The molecular weight excluding hydrogens is 371 g/mol. The lowest BCUT2D eigenvalue weighted by atomic mass is 9.99. The average molecular weight is 397 g/mol. The third kappa shape index (κ3) is 4.40. The van der Waals surface area contributed by atoms with E-state index in [0.717, 1.165) is 30.8 Å². The van der Waals surface area contributed by atoms with Gasteiger partial charge in [-0.05, 0) is 56.5 Å². The van der Waals surface area contributed by atoms with E-state index in [1.165, 1.54) is 0 Å². The van der Waals surface area contributed by atoms with Gasteiger partial charge in [0.2, 0.25) is 0 Å². The van der Waals surface area contributed by atoms with Crippen molar-refractivity contribution in [2.75, 3.05) is 6.54 Å². The number of carbonyl (C=O) groups excluding carboxylic acids is 1. The predicted octanol–water partition coefficient (Wildman–Crippen LogP) is 3.94. The Morgan fingerprint density at radius 3 is 2.65 bits per heavy atom. The van der Waals surface area contributed by atoms with Crippen molar-refractivity contribution in [2.45, 2.75) is 51.6 Å². The number of nitrogens with zero attached hydrogens (tertiary/aromatic N) is 2. The predicted molar refractivity (Wildman–Crippen MR) is 108 cm³/mol. The molecule has 1 saturated heterocycles. The van der Waals surface area contributed by atoms with Crippen LogP contribution in [0.4, 0.5) is 0 Å². The maximum atomic E-state index is 12.9. The van der Waals surface area contributed by atoms with E-state index in [1.807, 2.05) is 28.9 Å². The number of rotatable bonds is 4. The first kappa shape index (κ1) is 20.7. The van der Waals surface area contributed by atoms with Gasteiger partial charge in [-0.25, -0.2) is 4.68 Å². The first-order valence-electron chi connectivity index (χ1n) is 8.85. The molecule has 26 heavy (non-hydrogen) atoms. The van der Waals surface area contributed by atoms with Crippen LogP contribution in [-0.4, -0.2) is 34.3 Å². The van der Waals surface area contributed by atoms with Crippen LogP contribution < -0.4 is 10.6 Å². The number of benzene rings is 1. The number of halogens is 2. The van der Waals surface area contributed by atoms with Gasteiger partial charge < -0.3 is 10.6 Å². The largest absolute Gasteiger partial charge is 0.348 e. The maximum Gasteiger partial charge on any atom is 0.255 e. The molecule has 2 N–H and O–H groups in total. The fourth-order valence-corrected chi connectivity index (χ4v) is 3.49. The standard InChI is InChI=1S/C19H25ClN4O.ClH/c1-12(2)18-16(19(25)23-17-5-4-10-21-13(17)3)11-22-24(18)15-8-6-14(20)7-9-15;/h6-9,11-13,17,21H,4-5,10H2,1-3H3,(H,23,25);1H. The summed E-state index contributed by atoms with van der Waals surface area (Å²) in [5, 5.41) is 11.7. The second kappa shape index (κ2) is 8.89. The van der Waals surface area contributed by atoms with E-state index >= 15 is 0 Å². The van der Waals surface area contributed by atoms with Crippen molar-refractivity contribution < 1.29 is 4.79 Å². The minimum atomic E-state index is -0.0514. The molecule has 0 saturated carbocycles. The van der Waals surface area contributed by atoms with Gasteiger partial charge in [0, 0.05) is 17.1 Å². The van der Waals surface area contributed by atoms with Crippen molar-refractivity contribution >= 4 is 29.9 Å². The molecule has 1 aliphatic rings. The van der Waals surface area contributed by atoms with Gasteiger partial charge in [-0.1, -0.05) is 25.4 Å². The Labute approximate surface area is 165 Å². The van der Waals surface area contributed by atoms with Crippen molar-refractivity contribution in [3.63, 3.8) is 0 Å². The number of aromatic nitrogens is 2. The van der Waals surface area contributed by atoms with Gasteiger partial charge >= 0.3 is 0 Å². The summed E-state index contributed by atoms with van der Waals surface area (Å²) in [7, 11) is 0. The van der Waals surface area contributed by atoms with Crippen LogP contribution in [0.2, 0.25) is 5.02 Å². The molecule has 3 rings (SSSR count). The lowest BCUT2D eigenvalue weighted by molar-refractivity contribution is 0.0918. The number of carbonyl (C=O) groups is 1. The summed E-state index contributed by atoms with van der Waals surface area (Å²) in [4.78, 5) is 12.9. The van der Waals surface area contributed by atoms with Crippen LogP contribution in [0.1, 0.15) is 55.6 Å². The highest BCUT2D eigenvalue weighted by molar-refractivity contribution is 6.30. The highest BCUT2D eigenvalue weighted by atomic mass is 35.5. The average Bonchev–Trinajstić information content (AvgIpc) is 3.03. The molecule has 1 amide bonds. The second-order valence-electron chi connectivity index (χ2n) is 6.95. The first-order valence-corrected chi connectivity index (χ1v) is 9.23. The molecule has 2 atom stereocenters. The fraction of sp³-hybridized carbons (Fsp3) is 0.474. The first-order chi connectivity index (χ1) is 12.0. The topological polar surface area (TPSA) is 59.0 Å². The quantitative estimate of drug-likeness (QED) is 0.822. The molecule has 0 spiro atoms. The van der Waals surface area contributed by atoms with Crippen LogP contribution in [0.5, 0.6) is 0 Å². The number of nitrogens with one attached hydrogen (secondary N) is 2. The van der Waals surface area contributed by atoms with E-state index in [0.29, 0.717) is 10.6 Å². The van der Waals surface area contributed by atoms with Crippen LogP contribution >= 0.6 is 24.0 Å². The minimum absolute atomic E-state index is 0. The Bertz CT molecular complexity index is 742. The Balaban J connectivity index is 0.00000243. The van der Waals surface area contributed by atoms with Crippen LogP contribution in [0.25, 0.3) is 5.69 Å². The van der Waals surface area contributed by atoms with E-state index < -0.39 is 0 Å². The van der Waals surface area contributed by atoms with Crippen LogP contribution in [0.3, 0.4) is 0 Å². The van der Waals surface area contributed by atoms with Gasteiger partial charge in [-0.3, -0.25) is 4.79 Å². The molecule has 0 radical (unpaired) electrons. The molecule has 2 heterocycles. The van der Waals surface area contributed by atoms with Crippen LogP contribution in [0.15, 0.2) is 30.5 Å². The summed E-state index contributed by atoms with van der Waals surface area (Å²) in [6.07, 6.45) is 3.75. The molecule has 1 aromatic carbocycles. The van der Waals surface area contributed by atoms with E-state index in [2.05, 4.69) is 36.5 Å². The summed E-state index contributed by atoms with van der Waals surface area (Å²) in [5.41, 5.74) is 2.46. The van der Waals surface area contributed by atoms with E-state index in [-0.39, 0.29) is 36.3 Å². The number of hydrogen-bond donors (Lipinski definition) is 2. The third-order valence-electron chi connectivity index (χ3n) is 4.75. The molecule has 7 heteroatoms. The molecule has 142 valence electrons.